The van der Waals surface area contributed by atoms with Gasteiger partial charge in [-0.2, -0.15) is 0 Å². The predicted octanol–water partition coefficient (Wildman–Crippen LogP) is 40.2. The lowest BCUT2D eigenvalue weighted by atomic mass is 9.79. The van der Waals surface area contributed by atoms with Gasteiger partial charge in [0.1, 0.15) is 17.5 Å². The van der Waals surface area contributed by atoms with E-state index in [4.69, 9.17) is 34.8 Å². The molecular formula is C122H132Cl3F11. The second kappa shape index (κ2) is 48.5. The Morgan fingerprint density at radius 2 is 0.331 bits per heavy atom. The first-order valence-corrected chi connectivity index (χ1v) is 48.9. The third kappa shape index (κ3) is 26.8. The third-order valence-corrected chi connectivity index (χ3v) is 29.1. The lowest BCUT2D eigenvalue weighted by molar-refractivity contribution is 0.348. The Hall–Kier alpha value is -10.8. The van der Waals surface area contributed by atoms with E-state index in [0.29, 0.717) is 96.0 Å². The molecule has 0 saturated heterocycles. The number of benzene rings is 14. The van der Waals surface area contributed by atoms with Crippen LogP contribution >= 0.6 is 34.8 Å². The van der Waals surface area contributed by atoms with Crippen LogP contribution in [0.25, 0.3) is 77.9 Å². The highest BCUT2D eigenvalue weighted by Gasteiger charge is 2.27. The Morgan fingerprint density at radius 3 is 0.537 bits per heavy atom. The van der Waals surface area contributed by atoms with Crippen molar-refractivity contribution >= 4 is 34.8 Å². The van der Waals surface area contributed by atoms with Crippen molar-refractivity contribution in [2.75, 3.05) is 0 Å². The third-order valence-electron chi connectivity index (χ3n) is 27.9. The van der Waals surface area contributed by atoms with Crippen LogP contribution in [0.2, 0.25) is 15.1 Å². The molecule has 0 aliphatic heterocycles. The molecule has 718 valence electrons. The van der Waals surface area contributed by atoms with Crippen LogP contribution in [-0.2, 0) is 0 Å². The summed E-state index contributed by atoms with van der Waals surface area (Å²) in [5, 5.41) is 0.650. The Bertz CT molecular complexity index is 5630. The van der Waals surface area contributed by atoms with Crippen LogP contribution in [-0.4, -0.2) is 0 Å². The van der Waals surface area contributed by atoms with Crippen LogP contribution in [0.3, 0.4) is 0 Å². The van der Waals surface area contributed by atoms with E-state index in [0.717, 1.165) is 84.9 Å². The maximum absolute atomic E-state index is 14.1. The molecule has 14 aromatic carbocycles. The Balaban J connectivity index is 0.000000200. The predicted molar refractivity (Wildman–Crippen MR) is 555 cm³/mol. The van der Waals surface area contributed by atoms with E-state index >= 15 is 0 Å². The van der Waals surface area contributed by atoms with Gasteiger partial charge >= 0.3 is 0 Å². The van der Waals surface area contributed by atoms with Crippen molar-refractivity contribution in [2.45, 2.75) is 223 Å². The fourth-order valence-corrected chi connectivity index (χ4v) is 19.2. The van der Waals surface area contributed by atoms with Crippen LogP contribution in [0.1, 0.15) is 238 Å². The van der Waals surface area contributed by atoms with E-state index in [9.17, 15) is 48.3 Å². The van der Waals surface area contributed by atoms with Gasteiger partial charge in [-0.25, -0.2) is 48.3 Å². The van der Waals surface area contributed by atoms with Crippen molar-refractivity contribution < 1.29 is 54.0 Å². The Kier molecular flexibility index (Phi) is 37.1. The van der Waals surface area contributed by atoms with Crippen molar-refractivity contribution in [3.63, 3.8) is 0 Å². The summed E-state index contributed by atoms with van der Waals surface area (Å²) in [6.45, 7) is 26.7. The SMILES string of the molecule is Cc1ccc(-c2ccc(C)c(Cl)c2F)cc1.Cc1ccc(-c2ccc(C)c(F)c2F)cc1.Cc1ccc(-c2ccc(C)c(F)c2F)cc1.Cc1ccc(-c2ccc(C3CCC(C)CC3)cc2)c(Cl)c1F.Cc1ccc(-c2ccc(C3CCC(C)CC3)cc2)c(Cl)c1F.Cc1ccc(-c2ccc(C3CCC(C)CC3)cc2)c(F)c1F.Cc1ccc(-c2ccc(C3CCC(C)CC3)cc2)c(F)c1F.[HH].[HH].[HH].[HH]. The second-order valence-electron chi connectivity index (χ2n) is 38.3. The van der Waals surface area contributed by atoms with Crippen LogP contribution in [0.5, 0.6) is 0 Å². The van der Waals surface area contributed by atoms with Crippen molar-refractivity contribution in [3.05, 3.63) is 412 Å². The molecule has 0 spiro atoms. The van der Waals surface area contributed by atoms with E-state index in [1.807, 2.05) is 112 Å². The lowest BCUT2D eigenvalue weighted by Gasteiger charge is -2.26. The normalized spacial score (nSPS) is 17.8. The summed E-state index contributed by atoms with van der Waals surface area (Å²) in [5.74, 6) is -1.07. The summed E-state index contributed by atoms with van der Waals surface area (Å²) < 4.78 is 151. The average Bonchev–Trinajstić information content (AvgIpc) is 0.857. The lowest BCUT2D eigenvalue weighted by Crippen LogP contribution is -2.10. The first kappa shape index (κ1) is 104. The van der Waals surface area contributed by atoms with Crippen molar-refractivity contribution in [3.8, 4) is 77.9 Å². The monoisotopic (exact) mass is 1910 g/mol. The molecule has 14 heteroatoms. The molecule has 14 aromatic rings. The Morgan fingerprint density at radius 1 is 0.169 bits per heavy atom. The van der Waals surface area contributed by atoms with E-state index in [2.05, 4.69) is 100 Å². The van der Waals surface area contributed by atoms with Gasteiger partial charge < -0.3 is 0 Å². The van der Waals surface area contributed by atoms with Crippen LogP contribution in [0.15, 0.2) is 255 Å². The summed E-state index contributed by atoms with van der Waals surface area (Å²) in [6.07, 6.45) is 20.4. The van der Waals surface area contributed by atoms with Gasteiger partial charge in [0.25, 0.3) is 0 Å². The van der Waals surface area contributed by atoms with E-state index < -0.39 is 46.5 Å². The maximum Gasteiger partial charge on any atom is 0.166 e. The van der Waals surface area contributed by atoms with E-state index in [-0.39, 0.29) is 38.2 Å². The Labute approximate surface area is 820 Å². The second-order valence-corrected chi connectivity index (χ2v) is 39.5. The number of rotatable bonds is 11. The van der Waals surface area contributed by atoms with Crippen molar-refractivity contribution in [1.29, 1.82) is 0 Å². The molecule has 0 amide bonds. The summed E-state index contributed by atoms with van der Waals surface area (Å²) in [6, 6.07) is 79.4. The first-order valence-electron chi connectivity index (χ1n) is 47.8. The fourth-order valence-electron chi connectivity index (χ4n) is 18.4. The zero-order valence-electron chi connectivity index (χ0n) is 80.5. The molecule has 0 nitrogen and oxygen atoms in total. The van der Waals surface area contributed by atoms with Crippen LogP contribution in [0, 0.1) is 157 Å². The number of hydrogen-bond donors (Lipinski definition) is 0. The summed E-state index contributed by atoms with van der Waals surface area (Å²) in [7, 11) is 0. The van der Waals surface area contributed by atoms with Gasteiger partial charge in [-0.1, -0.05) is 385 Å². The number of halogens is 14. The van der Waals surface area contributed by atoms with Gasteiger partial charge in [-0.15, -0.1) is 0 Å². The summed E-state index contributed by atoms with van der Waals surface area (Å²) >= 11 is 18.2. The van der Waals surface area contributed by atoms with E-state index in [1.54, 1.807) is 139 Å². The minimum Gasteiger partial charge on any atom is -0.205 e. The summed E-state index contributed by atoms with van der Waals surface area (Å²) in [5.41, 5.74) is 21.1. The molecule has 4 aliphatic carbocycles. The maximum atomic E-state index is 14.1. The van der Waals surface area contributed by atoms with Gasteiger partial charge in [0.2, 0.25) is 0 Å². The van der Waals surface area contributed by atoms with Gasteiger partial charge in [0.05, 0.1) is 15.1 Å². The molecule has 0 aromatic heterocycles. The minimum absolute atomic E-state index is 0. The van der Waals surface area contributed by atoms with Crippen molar-refractivity contribution in [2.24, 2.45) is 23.7 Å². The molecule has 0 unspecified atom stereocenters. The zero-order chi connectivity index (χ0) is 97.9. The highest BCUT2D eigenvalue weighted by atomic mass is 35.5. The van der Waals surface area contributed by atoms with E-state index in [1.165, 1.54) is 125 Å². The molecule has 4 saturated carbocycles. The first-order chi connectivity index (χ1) is 65.0. The van der Waals surface area contributed by atoms with Crippen LogP contribution in [0.4, 0.5) is 48.3 Å². The topological polar surface area (TPSA) is 0 Å². The molecule has 0 bridgehead atoms. The molecule has 18 rings (SSSR count). The fraction of sp³-hybridized carbons (Fsp3) is 0.311. The molecule has 0 N–H and O–H groups in total. The smallest absolute Gasteiger partial charge is 0.166 e. The molecule has 4 fully saturated rings. The molecular weight excluding hydrogens is 1780 g/mol. The molecule has 0 heterocycles. The van der Waals surface area contributed by atoms with Gasteiger partial charge in [-0.3, -0.25) is 0 Å². The zero-order valence-corrected chi connectivity index (χ0v) is 82.7. The van der Waals surface area contributed by atoms with Gasteiger partial charge in [-0.05, 0) is 268 Å². The molecule has 0 atom stereocenters. The molecule has 4 aliphatic rings. The van der Waals surface area contributed by atoms with Gasteiger partial charge in [0.15, 0.2) is 46.5 Å². The quantitative estimate of drug-likeness (QED) is 0.113. The number of aryl methyl sites for hydroxylation is 10. The largest absolute Gasteiger partial charge is 0.205 e. The minimum atomic E-state index is -0.774. The summed E-state index contributed by atoms with van der Waals surface area (Å²) in [4.78, 5) is 0. The van der Waals surface area contributed by atoms with Crippen molar-refractivity contribution in [1.82, 2.24) is 0 Å². The molecule has 0 radical (unpaired) electrons. The average molecular weight is 1910 g/mol. The van der Waals surface area contributed by atoms with Crippen LogP contribution < -0.4 is 0 Å². The highest BCUT2D eigenvalue weighted by Crippen LogP contribution is 2.44. The van der Waals surface area contributed by atoms with Gasteiger partial charge in [0, 0.05) is 44.7 Å². The number of hydrogen-bond acceptors (Lipinski definition) is 0. The highest BCUT2D eigenvalue weighted by molar-refractivity contribution is 6.34. The molecule has 136 heavy (non-hydrogen) atoms. The standard InChI is InChI=1S/2C20H22ClF.2C20H22F2.C14H12ClF.2C14H12F2.4H2/c2*1-13-3-6-15(7-4-13)16-8-10-17(11-9-16)18-12-5-14(2)20(22)19(18)21;2*1-13-3-6-15(7-4-13)16-8-10-17(11-9-16)18-12-5-14(2)19(21)20(18)22;3*1-9-3-6-11(7-4-9)12-8-5-10(2)13(15)14(12)16;;;;/h4*5,8-13,15H,3-4,6-7H2,1-2H3;3*3-8H,1-2H3;4*1H.